The summed E-state index contributed by atoms with van der Waals surface area (Å²) in [5.41, 5.74) is 3.59. The molecule has 0 aliphatic carbocycles. The standard InChI is InChI=1S/C19H22N4S/c1-2-20-19(23-13-15-9-12-24-14-15)22-11-8-17-6-3-5-16-7-4-10-21-18(16)17/h3-7,9-10,12,14H,2,8,11,13H2,1H3,(H2,20,22,23). The van der Waals surface area contributed by atoms with Gasteiger partial charge in [0.05, 0.1) is 12.1 Å². The lowest BCUT2D eigenvalue weighted by Gasteiger charge is -2.12. The van der Waals surface area contributed by atoms with Crippen molar-refractivity contribution in [1.82, 2.24) is 15.6 Å². The molecule has 0 fully saturated rings. The van der Waals surface area contributed by atoms with Crippen molar-refractivity contribution in [1.29, 1.82) is 0 Å². The summed E-state index contributed by atoms with van der Waals surface area (Å²) in [4.78, 5) is 9.15. The molecule has 0 radical (unpaired) electrons. The summed E-state index contributed by atoms with van der Waals surface area (Å²) in [6, 6.07) is 12.5. The van der Waals surface area contributed by atoms with Crippen LogP contribution in [-0.4, -0.2) is 24.0 Å². The van der Waals surface area contributed by atoms with Crippen LogP contribution in [0.3, 0.4) is 0 Å². The fourth-order valence-electron chi connectivity index (χ4n) is 2.58. The molecule has 0 atom stereocenters. The van der Waals surface area contributed by atoms with Crippen LogP contribution in [0.2, 0.25) is 0 Å². The molecule has 124 valence electrons. The Bertz CT molecular complexity index is 791. The monoisotopic (exact) mass is 338 g/mol. The zero-order chi connectivity index (χ0) is 16.6. The maximum absolute atomic E-state index is 4.63. The van der Waals surface area contributed by atoms with E-state index in [1.165, 1.54) is 16.5 Å². The second-order valence-corrected chi connectivity index (χ2v) is 6.28. The van der Waals surface area contributed by atoms with Crippen molar-refractivity contribution in [2.45, 2.75) is 19.9 Å². The molecule has 1 aromatic carbocycles. The molecule has 5 heteroatoms. The summed E-state index contributed by atoms with van der Waals surface area (Å²) >= 11 is 1.70. The molecule has 0 spiro atoms. The Morgan fingerprint density at radius 1 is 1.17 bits per heavy atom. The van der Waals surface area contributed by atoms with Crippen molar-refractivity contribution < 1.29 is 0 Å². The number of nitrogens with zero attached hydrogens (tertiary/aromatic N) is 2. The topological polar surface area (TPSA) is 49.3 Å². The van der Waals surface area contributed by atoms with Gasteiger partial charge in [-0.25, -0.2) is 4.99 Å². The van der Waals surface area contributed by atoms with E-state index in [4.69, 9.17) is 0 Å². The van der Waals surface area contributed by atoms with Crippen LogP contribution in [0, 0.1) is 0 Å². The predicted octanol–water partition coefficient (Wildman–Crippen LogP) is 3.59. The molecule has 0 saturated heterocycles. The van der Waals surface area contributed by atoms with E-state index in [1.807, 2.05) is 12.3 Å². The van der Waals surface area contributed by atoms with E-state index in [2.05, 4.69) is 68.6 Å². The van der Waals surface area contributed by atoms with Gasteiger partial charge in [0.25, 0.3) is 0 Å². The van der Waals surface area contributed by atoms with Crippen molar-refractivity contribution in [3.8, 4) is 0 Å². The van der Waals surface area contributed by atoms with Crippen molar-refractivity contribution in [3.63, 3.8) is 0 Å². The highest BCUT2D eigenvalue weighted by Gasteiger charge is 2.03. The third-order valence-corrected chi connectivity index (χ3v) is 4.48. The molecule has 24 heavy (non-hydrogen) atoms. The van der Waals surface area contributed by atoms with Crippen molar-refractivity contribution in [2.75, 3.05) is 13.1 Å². The van der Waals surface area contributed by atoms with Gasteiger partial charge in [-0.05, 0) is 47.4 Å². The van der Waals surface area contributed by atoms with Crippen LogP contribution in [0.1, 0.15) is 18.1 Å². The van der Waals surface area contributed by atoms with E-state index < -0.39 is 0 Å². The highest BCUT2D eigenvalue weighted by Crippen LogP contribution is 2.16. The summed E-state index contributed by atoms with van der Waals surface area (Å²) in [6.45, 7) is 4.46. The number of thiophene rings is 1. The average Bonchev–Trinajstić information content (AvgIpc) is 3.13. The predicted molar refractivity (Wildman–Crippen MR) is 103 cm³/mol. The van der Waals surface area contributed by atoms with Crippen LogP contribution in [0.5, 0.6) is 0 Å². The molecule has 0 aliphatic rings. The van der Waals surface area contributed by atoms with Crippen LogP contribution in [0.4, 0.5) is 0 Å². The molecule has 2 N–H and O–H groups in total. The Kier molecular flexibility index (Phi) is 5.80. The van der Waals surface area contributed by atoms with Gasteiger partial charge in [0.15, 0.2) is 5.96 Å². The number of nitrogens with one attached hydrogen (secondary N) is 2. The molecule has 2 heterocycles. The van der Waals surface area contributed by atoms with Crippen molar-refractivity contribution >= 4 is 28.2 Å². The minimum atomic E-state index is 0.703. The number of fused-ring (bicyclic) bond motifs is 1. The number of pyridine rings is 1. The number of aromatic nitrogens is 1. The molecular formula is C19H22N4S. The Morgan fingerprint density at radius 2 is 2.08 bits per heavy atom. The van der Waals surface area contributed by atoms with Gasteiger partial charge in [-0.3, -0.25) is 4.98 Å². The van der Waals surface area contributed by atoms with E-state index in [-0.39, 0.29) is 0 Å². The normalized spacial score (nSPS) is 11.6. The lowest BCUT2D eigenvalue weighted by molar-refractivity contribution is 0.801. The molecule has 0 saturated carbocycles. The largest absolute Gasteiger partial charge is 0.357 e. The van der Waals surface area contributed by atoms with Gasteiger partial charge in [-0.2, -0.15) is 11.3 Å². The molecule has 2 aromatic heterocycles. The van der Waals surface area contributed by atoms with E-state index in [0.29, 0.717) is 6.54 Å². The fraction of sp³-hybridized carbons (Fsp3) is 0.263. The average molecular weight is 338 g/mol. The first-order valence-electron chi connectivity index (χ1n) is 8.22. The Hall–Kier alpha value is -2.40. The number of para-hydroxylation sites is 1. The summed E-state index contributed by atoms with van der Waals surface area (Å²) in [5.74, 6) is 0.858. The first kappa shape index (κ1) is 16.5. The van der Waals surface area contributed by atoms with Gasteiger partial charge >= 0.3 is 0 Å². The first-order valence-corrected chi connectivity index (χ1v) is 9.17. The minimum Gasteiger partial charge on any atom is -0.357 e. The zero-order valence-electron chi connectivity index (χ0n) is 13.8. The summed E-state index contributed by atoms with van der Waals surface area (Å²) in [5, 5.41) is 12.1. The van der Waals surface area contributed by atoms with E-state index in [0.717, 1.165) is 31.0 Å². The molecule has 4 nitrogen and oxygen atoms in total. The molecule has 3 aromatic rings. The quantitative estimate of drug-likeness (QED) is 0.533. The van der Waals surface area contributed by atoms with Crippen LogP contribution < -0.4 is 10.6 Å². The van der Waals surface area contributed by atoms with Crippen molar-refractivity contribution in [2.24, 2.45) is 4.99 Å². The van der Waals surface area contributed by atoms with Crippen LogP contribution in [0.15, 0.2) is 58.3 Å². The smallest absolute Gasteiger partial charge is 0.191 e. The number of aliphatic imine (C=N–C) groups is 1. The van der Waals surface area contributed by atoms with Gasteiger partial charge in [0.1, 0.15) is 0 Å². The van der Waals surface area contributed by atoms with Gasteiger partial charge < -0.3 is 10.6 Å². The summed E-state index contributed by atoms with van der Waals surface area (Å²) < 4.78 is 0. The highest BCUT2D eigenvalue weighted by atomic mass is 32.1. The molecule has 0 amide bonds. The second-order valence-electron chi connectivity index (χ2n) is 5.50. The molecular weight excluding hydrogens is 316 g/mol. The summed E-state index contributed by atoms with van der Waals surface area (Å²) in [7, 11) is 0. The Labute approximate surface area is 146 Å². The lowest BCUT2D eigenvalue weighted by Crippen LogP contribution is -2.38. The molecule has 0 aliphatic heterocycles. The van der Waals surface area contributed by atoms with Gasteiger partial charge in [0.2, 0.25) is 0 Å². The second kappa shape index (κ2) is 8.45. The van der Waals surface area contributed by atoms with Crippen molar-refractivity contribution in [3.05, 3.63) is 64.5 Å². The maximum atomic E-state index is 4.63. The Morgan fingerprint density at radius 3 is 2.92 bits per heavy atom. The van der Waals surface area contributed by atoms with Gasteiger partial charge in [-0.15, -0.1) is 0 Å². The van der Waals surface area contributed by atoms with E-state index >= 15 is 0 Å². The van der Waals surface area contributed by atoms with Crippen LogP contribution in [0.25, 0.3) is 10.9 Å². The maximum Gasteiger partial charge on any atom is 0.191 e. The SMILES string of the molecule is CCNC(=NCc1ccsc1)NCCc1cccc2cccnc12. The van der Waals surface area contributed by atoms with E-state index in [9.17, 15) is 0 Å². The van der Waals surface area contributed by atoms with Crippen LogP contribution >= 0.6 is 11.3 Å². The van der Waals surface area contributed by atoms with Crippen LogP contribution in [-0.2, 0) is 13.0 Å². The molecule has 0 bridgehead atoms. The third kappa shape index (κ3) is 4.32. The molecule has 3 rings (SSSR count). The number of guanidine groups is 1. The van der Waals surface area contributed by atoms with E-state index in [1.54, 1.807) is 11.3 Å². The minimum absolute atomic E-state index is 0.703. The zero-order valence-corrected chi connectivity index (χ0v) is 14.6. The highest BCUT2D eigenvalue weighted by molar-refractivity contribution is 7.07. The first-order chi connectivity index (χ1) is 11.9. The molecule has 0 unspecified atom stereocenters. The Balaban J connectivity index is 1.61. The lowest BCUT2D eigenvalue weighted by atomic mass is 10.1. The van der Waals surface area contributed by atoms with Gasteiger partial charge in [-0.1, -0.05) is 24.3 Å². The number of hydrogen-bond acceptors (Lipinski definition) is 3. The summed E-state index contributed by atoms with van der Waals surface area (Å²) in [6.07, 6.45) is 2.77. The number of rotatable bonds is 6. The van der Waals surface area contributed by atoms with Gasteiger partial charge in [0, 0.05) is 24.7 Å². The number of benzene rings is 1. The number of hydrogen-bond donors (Lipinski definition) is 2. The third-order valence-electron chi connectivity index (χ3n) is 3.75. The fourth-order valence-corrected chi connectivity index (χ4v) is 3.24.